The van der Waals surface area contributed by atoms with Gasteiger partial charge in [-0.15, -0.1) is 0 Å². The first kappa shape index (κ1) is 20.4. The molecule has 2 heteroatoms. The van der Waals surface area contributed by atoms with Crippen LogP contribution in [0.25, 0.3) is 0 Å². The van der Waals surface area contributed by atoms with Crippen LogP contribution in [0.3, 0.4) is 0 Å². The molecule has 0 fully saturated rings. The third-order valence-corrected chi connectivity index (χ3v) is 4.75. The highest BCUT2D eigenvalue weighted by Crippen LogP contribution is 2.27. The van der Waals surface area contributed by atoms with Crippen molar-refractivity contribution in [3.05, 3.63) is 53.6 Å². The first-order chi connectivity index (χ1) is 12.4. The molecule has 0 radical (unpaired) electrons. The summed E-state index contributed by atoms with van der Waals surface area (Å²) in [6.45, 7) is 11.8. The minimum atomic E-state index is 0.723. The Labute approximate surface area is 159 Å². The Morgan fingerprint density at radius 3 is 2.19 bits per heavy atom. The van der Waals surface area contributed by atoms with E-state index in [2.05, 4.69) is 52.8 Å². The van der Waals surface area contributed by atoms with Crippen molar-refractivity contribution in [2.75, 3.05) is 6.61 Å². The largest absolute Gasteiger partial charge is 0.494 e. The smallest absolute Gasteiger partial charge is 0.130 e. The van der Waals surface area contributed by atoms with E-state index in [-0.39, 0.29) is 0 Å². The van der Waals surface area contributed by atoms with E-state index in [0.29, 0.717) is 0 Å². The number of hydrogen-bond donors (Lipinski definition) is 0. The van der Waals surface area contributed by atoms with Crippen molar-refractivity contribution >= 4 is 0 Å². The molecule has 0 saturated heterocycles. The maximum atomic E-state index is 6.00. The third-order valence-electron chi connectivity index (χ3n) is 4.75. The summed E-state index contributed by atoms with van der Waals surface area (Å²) in [5.41, 5.74) is 2.34. The quantitative estimate of drug-likeness (QED) is 0.445. The molecule has 0 N–H and O–H groups in total. The Balaban J connectivity index is 1.76. The molecule has 1 unspecified atom stereocenters. The second kappa shape index (κ2) is 10.3. The van der Waals surface area contributed by atoms with Gasteiger partial charge in [0.25, 0.3) is 0 Å². The summed E-state index contributed by atoms with van der Waals surface area (Å²) in [5, 5.41) is 0. The Morgan fingerprint density at radius 2 is 1.50 bits per heavy atom. The van der Waals surface area contributed by atoms with Crippen molar-refractivity contribution in [2.45, 2.75) is 60.3 Å². The molecule has 0 saturated carbocycles. The lowest BCUT2D eigenvalue weighted by Crippen LogP contribution is -2.04. The third kappa shape index (κ3) is 7.11. The molecule has 0 amide bonds. The standard InChI is InChI=1S/C24H34O2/c1-18(2)7-6-8-19(3)15-16-25-22-11-13-23(14-12-22)26-24-17-20(4)9-10-21(24)5/h9-14,17-19H,6-8,15-16H2,1-5H3. The fourth-order valence-electron chi connectivity index (χ4n) is 2.95. The molecule has 142 valence electrons. The summed E-state index contributed by atoms with van der Waals surface area (Å²) < 4.78 is 11.9. The van der Waals surface area contributed by atoms with E-state index in [1.54, 1.807) is 0 Å². The predicted octanol–water partition coefficient (Wildman–Crippen LogP) is 7.33. The zero-order valence-corrected chi connectivity index (χ0v) is 17.0. The molecule has 0 spiro atoms. The van der Waals surface area contributed by atoms with Crippen LogP contribution in [0.4, 0.5) is 0 Å². The summed E-state index contributed by atoms with van der Waals surface area (Å²) in [6, 6.07) is 14.2. The van der Waals surface area contributed by atoms with Gasteiger partial charge < -0.3 is 9.47 Å². The van der Waals surface area contributed by atoms with Crippen molar-refractivity contribution in [2.24, 2.45) is 11.8 Å². The first-order valence-corrected chi connectivity index (χ1v) is 9.92. The maximum Gasteiger partial charge on any atom is 0.130 e. The highest BCUT2D eigenvalue weighted by atomic mass is 16.5. The summed E-state index contributed by atoms with van der Waals surface area (Å²) >= 11 is 0. The minimum absolute atomic E-state index is 0.723. The molecule has 26 heavy (non-hydrogen) atoms. The van der Waals surface area contributed by atoms with Crippen LogP contribution in [0.2, 0.25) is 0 Å². The molecule has 2 aromatic carbocycles. The monoisotopic (exact) mass is 354 g/mol. The number of aryl methyl sites for hydroxylation is 2. The van der Waals surface area contributed by atoms with Crippen molar-refractivity contribution in [3.63, 3.8) is 0 Å². The van der Waals surface area contributed by atoms with Crippen LogP contribution in [0.5, 0.6) is 17.2 Å². The van der Waals surface area contributed by atoms with Crippen LogP contribution in [-0.4, -0.2) is 6.61 Å². The summed E-state index contributed by atoms with van der Waals surface area (Å²) in [5.74, 6) is 4.19. The van der Waals surface area contributed by atoms with Crippen LogP contribution < -0.4 is 9.47 Å². The molecule has 0 aliphatic carbocycles. The summed E-state index contributed by atoms with van der Waals surface area (Å²) in [6.07, 6.45) is 5.05. The van der Waals surface area contributed by atoms with Crippen molar-refractivity contribution in [3.8, 4) is 17.2 Å². The molecule has 2 aromatic rings. The summed E-state index contributed by atoms with van der Waals surface area (Å²) in [7, 11) is 0. The van der Waals surface area contributed by atoms with Gasteiger partial charge in [-0.1, -0.05) is 52.2 Å². The molecule has 0 bridgehead atoms. The number of ether oxygens (including phenoxy) is 2. The fraction of sp³-hybridized carbons (Fsp3) is 0.500. The SMILES string of the molecule is Cc1ccc(C)c(Oc2ccc(OCCC(C)CCCC(C)C)cc2)c1. The second-order valence-electron chi connectivity index (χ2n) is 7.91. The zero-order valence-electron chi connectivity index (χ0n) is 17.0. The fourth-order valence-corrected chi connectivity index (χ4v) is 2.95. The van der Waals surface area contributed by atoms with Crippen LogP contribution in [0.15, 0.2) is 42.5 Å². The average molecular weight is 355 g/mol. The predicted molar refractivity (Wildman–Crippen MR) is 110 cm³/mol. The van der Waals surface area contributed by atoms with Crippen molar-refractivity contribution in [1.82, 2.24) is 0 Å². The molecule has 2 nitrogen and oxygen atoms in total. The Kier molecular flexibility index (Phi) is 8.03. The minimum Gasteiger partial charge on any atom is -0.494 e. The van der Waals surface area contributed by atoms with E-state index in [1.165, 1.54) is 24.8 Å². The highest BCUT2D eigenvalue weighted by molar-refractivity contribution is 5.41. The van der Waals surface area contributed by atoms with Crippen LogP contribution >= 0.6 is 0 Å². The molecule has 0 aliphatic rings. The zero-order chi connectivity index (χ0) is 18.9. The van der Waals surface area contributed by atoms with Crippen LogP contribution in [-0.2, 0) is 0 Å². The van der Waals surface area contributed by atoms with E-state index < -0.39 is 0 Å². The van der Waals surface area contributed by atoms with Gasteiger partial charge in [0.1, 0.15) is 17.2 Å². The van der Waals surface area contributed by atoms with E-state index in [9.17, 15) is 0 Å². The lowest BCUT2D eigenvalue weighted by molar-refractivity contribution is 0.275. The topological polar surface area (TPSA) is 18.5 Å². The van der Waals surface area contributed by atoms with Crippen LogP contribution in [0.1, 0.15) is 57.6 Å². The molecular weight excluding hydrogens is 320 g/mol. The Morgan fingerprint density at radius 1 is 0.808 bits per heavy atom. The average Bonchev–Trinajstić information content (AvgIpc) is 2.59. The highest BCUT2D eigenvalue weighted by Gasteiger charge is 2.05. The maximum absolute atomic E-state index is 6.00. The van der Waals surface area contributed by atoms with Crippen LogP contribution in [0, 0.1) is 25.7 Å². The molecule has 2 rings (SSSR count). The number of hydrogen-bond acceptors (Lipinski definition) is 2. The molecule has 0 heterocycles. The molecule has 0 aliphatic heterocycles. The van der Waals surface area contributed by atoms with Crippen molar-refractivity contribution < 1.29 is 9.47 Å². The van der Waals surface area contributed by atoms with Crippen molar-refractivity contribution in [1.29, 1.82) is 0 Å². The van der Waals surface area contributed by atoms with E-state index >= 15 is 0 Å². The lowest BCUT2D eigenvalue weighted by Gasteiger charge is -2.14. The van der Waals surface area contributed by atoms with Gasteiger partial charge in [0.15, 0.2) is 0 Å². The number of rotatable bonds is 10. The lowest BCUT2D eigenvalue weighted by atomic mass is 9.98. The first-order valence-electron chi connectivity index (χ1n) is 9.92. The van der Waals surface area contributed by atoms with Gasteiger partial charge in [-0.05, 0) is 73.6 Å². The van der Waals surface area contributed by atoms with Gasteiger partial charge in [0.05, 0.1) is 6.61 Å². The van der Waals surface area contributed by atoms with Gasteiger partial charge in [-0.25, -0.2) is 0 Å². The normalized spacial score (nSPS) is 12.2. The van der Waals surface area contributed by atoms with Gasteiger partial charge in [-0.3, -0.25) is 0 Å². The Bertz CT molecular complexity index is 658. The summed E-state index contributed by atoms with van der Waals surface area (Å²) in [4.78, 5) is 0. The van der Waals surface area contributed by atoms with Gasteiger partial charge in [-0.2, -0.15) is 0 Å². The molecule has 0 aromatic heterocycles. The second-order valence-corrected chi connectivity index (χ2v) is 7.91. The molecule has 1 atom stereocenters. The van der Waals surface area contributed by atoms with Gasteiger partial charge in [0, 0.05) is 0 Å². The van der Waals surface area contributed by atoms with Gasteiger partial charge in [0.2, 0.25) is 0 Å². The van der Waals surface area contributed by atoms with E-state index in [0.717, 1.165) is 47.7 Å². The van der Waals surface area contributed by atoms with E-state index in [1.807, 2.05) is 24.3 Å². The van der Waals surface area contributed by atoms with Gasteiger partial charge >= 0.3 is 0 Å². The Hall–Kier alpha value is -1.96. The van der Waals surface area contributed by atoms with E-state index in [4.69, 9.17) is 9.47 Å². The molecular formula is C24H34O2. The number of benzene rings is 2.